The van der Waals surface area contributed by atoms with Crippen molar-refractivity contribution in [2.24, 2.45) is 5.11 Å². The van der Waals surface area contributed by atoms with Crippen molar-refractivity contribution in [2.45, 2.75) is 6.54 Å². The predicted molar refractivity (Wildman–Crippen MR) is 49.6 cm³/mol. The molecule has 0 aliphatic carbocycles. The van der Waals surface area contributed by atoms with Gasteiger partial charge in [0.1, 0.15) is 0 Å². The van der Waals surface area contributed by atoms with Crippen LogP contribution in [0.2, 0.25) is 0 Å². The van der Waals surface area contributed by atoms with Crippen LogP contribution in [0.5, 0.6) is 0 Å². The maximum absolute atomic E-state index is 6.78. The van der Waals surface area contributed by atoms with Gasteiger partial charge in [-0.3, -0.25) is 0 Å². The van der Waals surface area contributed by atoms with E-state index < -0.39 is 0 Å². The van der Waals surface area contributed by atoms with Gasteiger partial charge in [-0.05, 0) is 11.6 Å². The minimum absolute atomic E-state index is 0.467. The number of rotatable bonds is 3. The summed E-state index contributed by atoms with van der Waals surface area (Å²) in [5.74, 6) is 0. The van der Waals surface area contributed by atoms with Gasteiger partial charge in [-0.2, -0.15) is 5.11 Å². The number of nitrogens with one attached hydrogen (secondary N) is 1. The van der Waals surface area contributed by atoms with E-state index in [0.717, 1.165) is 11.3 Å². The van der Waals surface area contributed by atoms with Crippen LogP contribution in [0.4, 0.5) is 5.69 Å². The molecule has 1 aromatic rings. The molecule has 3 heteroatoms. The lowest BCUT2D eigenvalue weighted by atomic mass is 10.1. The van der Waals surface area contributed by atoms with E-state index in [1.807, 2.05) is 43.3 Å². The summed E-state index contributed by atoms with van der Waals surface area (Å²) in [6, 6.07) is 7.98. The Balaban J connectivity index is 2.99. The number of para-hydroxylation sites is 1. The predicted octanol–water partition coefficient (Wildman–Crippen LogP) is 2.28. The van der Waals surface area contributed by atoms with Crippen molar-refractivity contribution in [3.8, 4) is 0 Å². The minimum Gasteiger partial charge on any atom is -0.377 e. The van der Waals surface area contributed by atoms with Gasteiger partial charge >= 0.3 is 0 Å². The first-order valence-electron chi connectivity index (χ1n) is 3.84. The van der Waals surface area contributed by atoms with Gasteiger partial charge in [0, 0.05) is 19.8 Å². The van der Waals surface area contributed by atoms with E-state index in [4.69, 9.17) is 5.53 Å². The molecule has 0 fully saturated rings. The molecule has 0 spiro atoms. The third-order valence-electron chi connectivity index (χ3n) is 1.72. The van der Waals surface area contributed by atoms with Gasteiger partial charge in [0.25, 0.3) is 0 Å². The Labute approximate surface area is 72.5 Å². The molecule has 1 N–H and O–H groups in total. The molecule has 64 valence electrons. The van der Waals surface area contributed by atoms with Crippen LogP contribution in [0.25, 0.3) is 0 Å². The van der Waals surface area contributed by atoms with Crippen LogP contribution in [-0.4, -0.2) is 14.1 Å². The zero-order chi connectivity index (χ0) is 8.97. The van der Waals surface area contributed by atoms with Crippen molar-refractivity contribution in [1.29, 1.82) is 5.53 Å². The topological polar surface area (TPSA) is 39.5 Å². The summed E-state index contributed by atoms with van der Waals surface area (Å²) < 4.78 is 0. The van der Waals surface area contributed by atoms with E-state index in [0.29, 0.717) is 6.54 Å². The molecule has 0 unspecified atom stereocenters. The highest BCUT2D eigenvalue weighted by molar-refractivity contribution is 5.52. The van der Waals surface area contributed by atoms with Gasteiger partial charge < -0.3 is 4.90 Å². The number of hydrogen-bond donors (Lipinski definition) is 1. The van der Waals surface area contributed by atoms with E-state index in [9.17, 15) is 0 Å². The lowest BCUT2D eigenvalue weighted by Gasteiger charge is -2.15. The molecule has 0 atom stereocenters. The van der Waals surface area contributed by atoms with Crippen molar-refractivity contribution in [1.82, 2.24) is 0 Å². The fourth-order valence-electron chi connectivity index (χ4n) is 1.17. The Bertz CT molecular complexity index is 268. The Morgan fingerprint density at radius 3 is 2.58 bits per heavy atom. The van der Waals surface area contributed by atoms with Crippen molar-refractivity contribution in [3.63, 3.8) is 0 Å². The van der Waals surface area contributed by atoms with Gasteiger partial charge in [0.05, 0.1) is 6.54 Å². The lowest BCUT2D eigenvalue weighted by molar-refractivity contribution is 0.900. The third kappa shape index (κ3) is 1.81. The molecule has 0 aliphatic heterocycles. The second kappa shape index (κ2) is 3.85. The van der Waals surface area contributed by atoms with Gasteiger partial charge in [-0.15, -0.1) is 0 Å². The van der Waals surface area contributed by atoms with E-state index in [1.54, 1.807) is 0 Å². The zero-order valence-electron chi connectivity index (χ0n) is 7.41. The first kappa shape index (κ1) is 8.71. The highest BCUT2D eigenvalue weighted by atomic mass is 15.1. The molecule has 12 heavy (non-hydrogen) atoms. The van der Waals surface area contributed by atoms with E-state index in [-0.39, 0.29) is 0 Å². The molecule has 0 saturated carbocycles. The Morgan fingerprint density at radius 2 is 2.00 bits per heavy atom. The van der Waals surface area contributed by atoms with E-state index in [1.165, 1.54) is 0 Å². The third-order valence-corrected chi connectivity index (χ3v) is 1.72. The molecule has 0 radical (unpaired) electrons. The summed E-state index contributed by atoms with van der Waals surface area (Å²) >= 11 is 0. The average molecular weight is 163 g/mol. The largest absolute Gasteiger partial charge is 0.377 e. The molecule has 0 heterocycles. The first-order chi connectivity index (χ1) is 5.75. The first-order valence-corrected chi connectivity index (χ1v) is 3.84. The molecule has 3 nitrogen and oxygen atoms in total. The SMILES string of the molecule is CN(C)c1ccccc1CN=N. The van der Waals surface area contributed by atoms with Crippen LogP contribution in [-0.2, 0) is 6.54 Å². The Kier molecular flexibility index (Phi) is 2.80. The number of hydrogen-bond acceptors (Lipinski definition) is 3. The maximum Gasteiger partial charge on any atom is 0.0866 e. The molecule has 0 aromatic heterocycles. The van der Waals surface area contributed by atoms with Crippen LogP contribution >= 0.6 is 0 Å². The van der Waals surface area contributed by atoms with Gasteiger partial charge in [0.2, 0.25) is 0 Å². The van der Waals surface area contributed by atoms with Gasteiger partial charge in [0.15, 0.2) is 0 Å². The van der Waals surface area contributed by atoms with Crippen LogP contribution in [0.1, 0.15) is 5.56 Å². The summed E-state index contributed by atoms with van der Waals surface area (Å²) in [5, 5.41) is 3.37. The second-order valence-corrected chi connectivity index (χ2v) is 2.84. The van der Waals surface area contributed by atoms with Gasteiger partial charge in [-0.25, -0.2) is 5.53 Å². The summed E-state index contributed by atoms with van der Waals surface area (Å²) in [7, 11) is 3.98. The maximum atomic E-state index is 6.78. The highest BCUT2D eigenvalue weighted by Gasteiger charge is 2.01. The van der Waals surface area contributed by atoms with Crippen LogP contribution < -0.4 is 4.90 Å². The monoisotopic (exact) mass is 163 g/mol. The molecule has 0 bridgehead atoms. The van der Waals surface area contributed by atoms with Gasteiger partial charge in [-0.1, -0.05) is 18.2 Å². The van der Waals surface area contributed by atoms with E-state index in [2.05, 4.69) is 5.11 Å². The van der Waals surface area contributed by atoms with Crippen LogP contribution in [0.3, 0.4) is 0 Å². The standard InChI is InChI=1S/C9H13N3/c1-12(2)9-6-4-3-5-8(9)7-11-10/h3-6,10H,7H2,1-2H3. The summed E-state index contributed by atoms with van der Waals surface area (Å²) in [6.45, 7) is 0.467. The molecule has 0 aliphatic rings. The van der Waals surface area contributed by atoms with E-state index >= 15 is 0 Å². The molecular weight excluding hydrogens is 150 g/mol. The summed E-state index contributed by atoms with van der Waals surface area (Å²) in [6.07, 6.45) is 0. The smallest absolute Gasteiger partial charge is 0.0866 e. The Hall–Kier alpha value is -1.38. The quantitative estimate of drug-likeness (QED) is 0.682. The van der Waals surface area contributed by atoms with Crippen molar-refractivity contribution < 1.29 is 0 Å². The number of nitrogens with zero attached hydrogens (tertiary/aromatic N) is 2. The van der Waals surface area contributed by atoms with Crippen LogP contribution in [0.15, 0.2) is 29.4 Å². The number of benzene rings is 1. The highest BCUT2D eigenvalue weighted by Crippen LogP contribution is 2.18. The minimum atomic E-state index is 0.467. The zero-order valence-corrected chi connectivity index (χ0v) is 7.41. The fraction of sp³-hybridized carbons (Fsp3) is 0.333. The molecular formula is C9H13N3. The summed E-state index contributed by atoms with van der Waals surface area (Å²) in [4.78, 5) is 2.03. The molecule has 0 saturated heterocycles. The average Bonchev–Trinajstić information content (AvgIpc) is 2.05. The normalized spacial score (nSPS) is 9.50. The second-order valence-electron chi connectivity index (χ2n) is 2.84. The van der Waals surface area contributed by atoms with Crippen molar-refractivity contribution in [2.75, 3.05) is 19.0 Å². The fourth-order valence-corrected chi connectivity index (χ4v) is 1.17. The number of anilines is 1. The van der Waals surface area contributed by atoms with Crippen LogP contribution in [0, 0.1) is 5.53 Å². The lowest BCUT2D eigenvalue weighted by Crippen LogP contribution is -2.10. The Morgan fingerprint density at radius 1 is 1.33 bits per heavy atom. The van der Waals surface area contributed by atoms with Crippen molar-refractivity contribution in [3.05, 3.63) is 29.8 Å². The molecule has 1 aromatic carbocycles. The molecule has 1 rings (SSSR count). The van der Waals surface area contributed by atoms with Crippen molar-refractivity contribution >= 4 is 5.69 Å². The molecule has 0 amide bonds. The summed E-state index contributed by atoms with van der Waals surface area (Å²) in [5.41, 5.74) is 9.01.